The van der Waals surface area contributed by atoms with Crippen molar-refractivity contribution in [3.63, 3.8) is 0 Å². The van der Waals surface area contributed by atoms with Crippen LogP contribution in [0.1, 0.15) is 39.4 Å². The van der Waals surface area contributed by atoms with Crippen molar-refractivity contribution in [3.8, 4) is 5.75 Å². The third-order valence-corrected chi connectivity index (χ3v) is 6.61. The van der Waals surface area contributed by atoms with E-state index in [2.05, 4.69) is 12.2 Å². The first kappa shape index (κ1) is 20.3. The fourth-order valence-corrected chi connectivity index (χ4v) is 5.13. The molecule has 0 radical (unpaired) electrons. The number of thiophene rings is 1. The lowest BCUT2D eigenvalue weighted by molar-refractivity contribution is 0.0442. The number of aliphatic hydroxyl groups excluding tert-OH is 1. The maximum atomic E-state index is 12.7. The molecule has 1 fully saturated rings. The van der Waals surface area contributed by atoms with Gasteiger partial charge in [0, 0.05) is 33.8 Å². The topological polar surface area (TPSA) is 58.6 Å². The second-order valence-corrected chi connectivity index (χ2v) is 8.69. The first-order valence-corrected chi connectivity index (χ1v) is 10.2. The van der Waals surface area contributed by atoms with Crippen LogP contribution in [0.4, 0.5) is 0 Å². The second-order valence-electron chi connectivity index (χ2n) is 7.35. The quantitative estimate of drug-likeness (QED) is 0.791. The Kier molecular flexibility index (Phi) is 6.58. The van der Waals surface area contributed by atoms with Crippen molar-refractivity contribution in [1.29, 1.82) is 0 Å². The molecule has 0 spiro atoms. The van der Waals surface area contributed by atoms with E-state index in [0.29, 0.717) is 6.54 Å². The summed E-state index contributed by atoms with van der Waals surface area (Å²) in [6.45, 7) is 2.69. The normalized spacial score (nSPS) is 27.1. The molecule has 1 aromatic heterocycles. The standard InChI is InChI=1S/C21H25NO3S.ClH/c1-13-11-16-19(26-13)10-7-14(20(16)23)12-22-17-8-9-18(21(17)24)25-15-5-3-2-4-6-15;/h2-6,11,14,17-18,21-22,24H,7-10,12H2,1H3;1H/t14?,17-,18?,21-;/m1./s1. The number of ketones is 1. The van der Waals surface area contributed by atoms with Crippen molar-refractivity contribution in [1.82, 2.24) is 5.32 Å². The molecular formula is C21H26ClNO3S. The van der Waals surface area contributed by atoms with Crippen molar-refractivity contribution in [2.75, 3.05) is 6.54 Å². The molecular weight excluding hydrogens is 382 g/mol. The summed E-state index contributed by atoms with van der Waals surface area (Å²) in [5, 5.41) is 14.0. The number of hydrogen-bond donors (Lipinski definition) is 2. The van der Waals surface area contributed by atoms with Gasteiger partial charge in [-0.1, -0.05) is 18.2 Å². The fourth-order valence-electron chi connectivity index (χ4n) is 4.07. The maximum Gasteiger partial charge on any atom is 0.168 e. The van der Waals surface area contributed by atoms with E-state index in [4.69, 9.17) is 4.74 Å². The lowest BCUT2D eigenvalue weighted by Crippen LogP contribution is -2.44. The Morgan fingerprint density at radius 1 is 1.22 bits per heavy atom. The minimum atomic E-state index is -0.548. The molecule has 27 heavy (non-hydrogen) atoms. The summed E-state index contributed by atoms with van der Waals surface area (Å²) < 4.78 is 5.92. The van der Waals surface area contributed by atoms with Gasteiger partial charge in [-0.15, -0.1) is 23.7 Å². The highest BCUT2D eigenvalue weighted by atomic mass is 35.5. The number of carbonyl (C=O) groups excluding carboxylic acids is 1. The number of ether oxygens (including phenoxy) is 1. The van der Waals surface area contributed by atoms with E-state index in [1.807, 2.05) is 36.4 Å². The van der Waals surface area contributed by atoms with Gasteiger partial charge in [-0.05, 0) is 50.8 Å². The number of nitrogens with one attached hydrogen (secondary N) is 1. The van der Waals surface area contributed by atoms with E-state index >= 15 is 0 Å². The molecule has 0 amide bonds. The summed E-state index contributed by atoms with van der Waals surface area (Å²) in [6.07, 6.45) is 2.82. The van der Waals surface area contributed by atoms with Crippen LogP contribution in [0.15, 0.2) is 36.4 Å². The number of para-hydroxylation sites is 1. The maximum absolute atomic E-state index is 12.7. The number of rotatable bonds is 5. The summed E-state index contributed by atoms with van der Waals surface area (Å²) in [7, 11) is 0. The minimum Gasteiger partial charge on any atom is -0.488 e. The van der Waals surface area contributed by atoms with Gasteiger partial charge in [0.05, 0.1) is 0 Å². The predicted molar refractivity (Wildman–Crippen MR) is 110 cm³/mol. The van der Waals surface area contributed by atoms with Crippen LogP contribution in [0.3, 0.4) is 0 Å². The zero-order chi connectivity index (χ0) is 18.1. The number of Topliss-reactive ketones (excluding diaryl/α,β-unsaturated/α-hetero) is 1. The molecule has 0 aliphatic heterocycles. The fraction of sp³-hybridized carbons (Fsp3) is 0.476. The van der Waals surface area contributed by atoms with E-state index in [0.717, 1.165) is 37.0 Å². The third kappa shape index (κ3) is 4.37. The molecule has 0 saturated heterocycles. The van der Waals surface area contributed by atoms with Gasteiger partial charge in [-0.25, -0.2) is 0 Å². The van der Waals surface area contributed by atoms with Gasteiger partial charge >= 0.3 is 0 Å². The molecule has 1 saturated carbocycles. The molecule has 2 aliphatic carbocycles. The van der Waals surface area contributed by atoms with Crippen LogP contribution in [0, 0.1) is 12.8 Å². The van der Waals surface area contributed by atoms with E-state index in [1.165, 1.54) is 9.75 Å². The number of aliphatic hydroxyl groups is 1. The molecule has 4 rings (SSSR count). The monoisotopic (exact) mass is 407 g/mol. The van der Waals surface area contributed by atoms with E-state index < -0.39 is 6.10 Å². The van der Waals surface area contributed by atoms with Gasteiger partial charge in [0.2, 0.25) is 0 Å². The van der Waals surface area contributed by atoms with E-state index in [-0.39, 0.29) is 36.3 Å². The third-order valence-electron chi connectivity index (χ3n) is 5.50. The number of hydrogen-bond acceptors (Lipinski definition) is 5. The lowest BCUT2D eigenvalue weighted by atomic mass is 9.87. The van der Waals surface area contributed by atoms with Crippen molar-refractivity contribution in [2.24, 2.45) is 5.92 Å². The first-order chi connectivity index (χ1) is 12.6. The number of benzene rings is 1. The second kappa shape index (κ2) is 8.74. The molecule has 146 valence electrons. The number of fused-ring (bicyclic) bond motifs is 1. The Bertz CT molecular complexity index is 779. The van der Waals surface area contributed by atoms with E-state index in [9.17, 15) is 9.90 Å². The van der Waals surface area contributed by atoms with Crippen LogP contribution in [-0.4, -0.2) is 35.7 Å². The Morgan fingerprint density at radius 3 is 2.78 bits per heavy atom. The number of halogens is 1. The van der Waals surface area contributed by atoms with E-state index in [1.54, 1.807) is 11.3 Å². The highest BCUT2D eigenvalue weighted by molar-refractivity contribution is 7.12. The summed E-state index contributed by atoms with van der Waals surface area (Å²) in [5.41, 5.74) is 0.919. The van der Waals surface area contributed by atoms with Gasteiger partial charge in [0.1, 0.15) is 18.0 Å². The summed E-state index contributed by atoms with van der Waals surface area (Å²) in [5.74, 6) is 1.06. The number of aryl methyl sites for hydroxylation is 2. The molecule has 0 bridgehead atoms. The zero-order valence-corrected chi connectivity index (χ0v) is 17.0. The summed E-state index contributed by atoms with van der Waals surface area (Å²) in [6, 6.07) is 11.7. The van der Waals surface area contributed by atoms with Crippen molar-refractivity contribution in [3.05, 3.63) is 51.7 Å². The van der Waals surface area contributed by atoms with Crippen LogP contribution in [0.2, 0.25) is 0 Å². The molecule has 2 aromatic rings. The van der Waals surface area contributed by atoms with Gasteiger partial charge in [0.15, 0.2) is 5.78 Å². The number of carbonyl (C=O) groups is 1. The van der Waals surface area contributed by atoms with Crippen molar-refractivity contribution in [2.45, 2.75) is 50.9 Å². The zero-order valence-electron chi connectivity index (χ0n) is 15.4. The molecule has 2 aliphatic rings. The average Bonchev–Trinajstić information content (AvgIpc) is 3.19. The highest BCUT2D eigenvalue weighted by Crippen LogP contribution is 2.32. The Morgan fingerprint density at radius 2 is 2.00 bits per heavy atom. The van der Waals surface area contributed by atoms with Crippen LogP contribution < -0.4 is 10.1 Å². The van der Waals surface area contributed by atoms with Crippen LogP contribution in [0.25, 0.3) is 0 Å². The van der Waals surface area contributed by atoms with Crippen LogP contribution in [-0.2, 0) is 6.42 Å². The molecule has 2 unspecified atom stereocenters. The smallest absolute Gasteiger partial charge is 0.168 e. The minimum absolute atomic E-state index is 0. The van der Waals surface area contributed by atoms with Gasteiger partial charge in [-0.2, -0.15) is 0 Å². The largest absolute Gasteiger partial charge is 0.488 e. The van der Waals surface area contributed by atoms with Gasteiger partial charge < -0.3 is 15.2 Å². The first-order valence-electron chi connectivity index (χ1n) is 9.38. The predicted octanol–water partition coefficient (Wildman–Crippen LogP) is 3.78. The Labute approximate surface area is 170 Å². The lowest BCUT2D eigenvalue weighted by Gasteiger charge is -2.25. The highest BCUT2D eigenvalue weighted by Gasteiger charge is 2.37. The van der Waals surface area contributed by atoms with Crippen molar-refractivity contribution < 1.29 is 14.6 Å². The Balaban J connectivity index is 0.00000210. The van der Waals surface area contributed by atoms with Crippen LogP contribution >= 0.6 is 23.7 Å². The van der Waals surface area contributed by atoms with Gasteiger partial charge in [0.25, 0.3) is 0 Å². The molecule has 6 heteroatoms. The molecule has 4 nitrogen and oxygen atoms in total. The van der Waals surface area contributed by atoms with Crippen LogP contribution in [0.5, 0.6) is 5.75 Å². The summed E-state index contributed by atoms with van der Waals surface area (Å²) >= 11 is 1.74. The Hall–Kier alpha value is -1.40. The average molecular weight is 408 g/mol. The SMILES string of the molecule is Cc1cc2c(s1)CCC(CN[C@@H]1CCC(Oc3ccccc3)[C@@H]1O)C2=O.Cl. The van der Waals surface area contributed by atoms with Crippen molar-refractivity contribution >= 4 is 29.5 Å². The molecule has 1 aromatic carbocycles. The van der Waals surface area contributed by atoms with Gasteiger partial charge in [-0.3, -0.25) is 4.79 Å². The molecule has 2 N–H and O–H groups in total. The summed E-state index contributed by atoms with van der Waals surface area (Å²) in [4.78, 5) is 15.2. The molecule has 1 heterocycles. The molecule has 4 atom stereocenters.